The van der Waals surface area contributed by atoms with Crippen LogP contribution in [0, 0.1) is 3.57 Å². The van der Waals surface area contributed by atoms with Crippen molar-refractivity contribution in [3.05, 3.63) is 68.8 Å². The Kier molecular flexibility index (Phi) is 5.01. The van der Waals surface area contributed by atoms with Crippen LogP contribution in [0.4, 0.5) is 0 Å². The van der Waals surface area contributed by atoms with Crippen molar-refractivity contribution in [1.29, 1.82) is 0 Å². The summed E-state index contributed by atoms with van der Waals surface area (Å²) in [6.07, 6.45) is 1.67. The van der Waals surface area contributed by atoms with Gasteiger partial charge in [-0.1, -0.05) is 35.4 Å². The molecule has 0 aliphatic carbocycles. The fourth-order valence-corrected chi connectivity index (χ4v) is 2.78. The molecule has 0 saturated carbocycles. The van der Waals surface area contributed by atoms with E-state index in [2.05, 4.69) is 22.6 Å². The molecule has 2 rings (SSSR count). The lowest BCUT2D eigenvalue weighted by atomic mass is 10.0. The minimum absolute atomic E-state index is 0.0144. The van der Waals surface area contributed by atoms with E-state index >= 15 is 0 Å². The van der Waals surface area contributed by atoms with Gasteiger partial charge in [-0.05, 0) is 46.9 Å². The Morgan fingerprint density at radius 2 is 1.53 bits per heavy atom. The summed E-state index contributed by atoms with van der Waals surface area (Å²) in [5, 5.41) is 0. The third kappa shape index (κ3) is 4.06. The third-order valence-electron chi connectivity index (χ3n) is 2.69. The van der Waals surface area contributed by atoms with Crippen LogP contribution in [0.15, 0.2) is 48.5 Å². The van der Waals surface area contributed by atoms with Crippen molar-refractivity contribution in [1.82, 2.24) is 0 Å². The van der Waals surface area contributed by atoms with E-state index in [-0.39, 0.29) is 5.78 Å². The molecule has 2 nitrogen and oxygen atoms in total. The highest BCUT2D eigenvalue weighted by atomic mass is 127. The Morgan fingerprint density at radius 1 is 1.05 bits per heavy atom. The van der Waals surface area contributed by atoms with Gasteiger partial charge in [-0.15, -0.1) is 0 Å². The number of halogens is 1. The van der Waals surface area contributed by atoms with E-state index in [9.17, 15) is 9.35 Å². The molecular weight excluding hydrogens is 371 g/mol. The first-order valence-electron chi connectivity index (χ1n) is 5.75. The summed E-state index contributed by atoms with van der Waals surface area (Å²) in [5.74, 6) is 0.540. The molecule has 0 amide bonds. The van der Waals surface area contributed by atoms with Crippen molar-refractivity contribution in [3.63, 3.8) is 0 Å². The second kappa shape index (κ2) is 6.54. The van der Waals surface area contributed by atoms with Gasteiger partial charge in [0.15, 0.2) is 5.78 Å². The molecule has 1 unspecified atom stereocenters. The Morgan fingerprint density at radius 3 is 2.00 bits per heavy atom. The molecule has 0 spiro atoms. The van der Waals surface area contributed by atoms with Crippen LogP contribution >= 0.6 is 22.6 Å². The van der Waals surface area contributed by atoms with Crippen molar-refractivity contribution in [2.45, 2.75) is 5.75 Å². The Labute approximate surface area is 129 Å². The Hall–Kier alpha value is -0.850. The van der Waals surface area contributed by atoms with Gasteiger partial charge in [-0.3, -0.25) is 4.79 Å². The Bertz CT molecular complexity index is 562. The molecule has 0 N–H and O–H groups in total. The summed E-state index contributed by atoms with van der Waals surface area (Å²) in [6, 6.07) is 14.8. The summed E-state index contributed by atoms with van der Waals surface area (Å²) < 4.78 is 12.2. The van der Waals surface area contributed by atoms with Crippen LogP contribution in [-0.4, -0.2) is 16.6 Å². The second-order valence-electron chi connectivity index (χ2n) is 4.25. The highest BCUT2D eigenvalue weighted by Gasteiger charge is 2.09. The number of ketones is 1. The summed E-state index contributed by atoms with van der Waals surface area (Å²) in [5.41, 5.74) is 2.33. The van der Waals surface area contributed by atoms with Gasteiger partial charge in [0, 0.05) is 20.3 Å². The first-order valence-corrected chi connectivity index (χ1v) is 8.56. The van der Waals surface area contributed by atoms with E-state index in [4.69, 9.17) is 0 Å². The number of hydrogen-bond acceptors (Lipinski definition) is 2. The molecule has 0 aliphatic heterocycles. The zero-order valence-electron chi connectivity index (χ0n) is 10.4. The van der Waals surface area contributed by atoms with Gasteiger partial charge < -0.3 is 4.55 Å². The van der Waals surface area contributed by atoms with Crippen LogP contribution in [0.1, 0.15) is 21.5 Å². The van der Waals surface area contributed by atoms with E-state index in [1.54, 1.807) is 18.4 Å². The monoisotopic (exact) mass is 384 g/mol. The maximum Gasteiger partial charge on any atom is 0.193 e. The summed E-state index contributed by atoms with van der Waals surface area (Å²) in [4.78, 5) is 12.2. The fourth-order valence-electron chi connectivity index (χ4n) is 1.75. The molecular formula is C15H13IO2S. The molecule has 0 heterocycles. The smallest absolute Gasteiger partial charge is 0.193 e. The third-order valence-corrected chi connectivity index (χ3v) is 4.15. The van der Waals surface area contributed by atoms with Crippen LogP contribution in [-0.2, 0) is 16.9 Å². The standard InChI is InChI=1S/C15H13IO2S/c1-19(18)10-11-2-4-12(5-3-11)15(17)13-6-8-14(16)9-7-13/h2-9H,10H2,1H3. The van der Waals surface area contributed by atoms with Crippen molar-refractivity contribution in [3.8, 4) is 0 Å². The number of carbonyl (C=O) groups excluding carboxylic acids is 1. The van der Waals surface area contributed by atoms with Crippen LogP contribution in [0.3, 0.4) is 0 Å². The average Bonchev–Trinajstić information content (AvgIpc) is 2.39. The summed E-state index contributed by atoms with van der Waals surface area (Å²) in [6.45, 7) is 0. The van der Waals surface area contributed by atoms with Gasteiger partial charge >= 0.3 is 0 Å². The molecule has 19 heavy (non-hydrogen) atoms. The van der Waals surface area contributed by atoms with E-state index in [0.29, 0.717) is 16.9 Å². The van der Waals surface area contributed by atoms with Crippen LogP contribution in [0.2, 0.25) is 0 Å². The molecule has 0 saturated heterocycles. The quantitative estimate of drug-likeness (QED) is 0.461. The minimum atomic E-state index is -0.858. The average molecular weight is 384 g/mol. The van der Waals surface area contributed by atoms with Crippen molar-refractivity contribution in [2.24, 2.45) is 0 Å². The molecule has 2 aromatic rings. The normalized spacial score (nSPS) is 12.2. The first-order chi connectivity index (χ1) is 9.06. The number of benzene rings is 2. The molecule has 4 heteroatoms. The predicted molar refractivity (Wildman–Crippen MR) is 86.8 cm³/mol. The summed E-state index contributed by atoms with van der Waals surface area (Å²) >= 11 is 1.35. The first kappa shape index (κ1) is 14.6. The fraction of sp³-hybridized carbons (Fsp3) is 0.133. The molecule has 0 aromatic heterocycles. The second-order valence-corrected chi connectivity index (χ2v) is 6.93. The largest absolute Gasteiger partial charge is 0.616 e. The van der Waals surface area contributed by atoms with Crippen LogP contribution in [0.5, 0.6) is 0 Å². The van der Waals surface area contributed by atoms with E-state index in [0.717, 1.165) is 9.13 Å². The zero-order valence-corrected chi connectivity index (χ0v) is 13.4. The van der Waals surface area contributed by atoms with E-state index in [1.165, 1.54) is 0 Å². The molecule has 98 valence electrons. The molecule has 1 atom stereocenters. The van der Waals surface area contributed by atoms with Gasteiger partial charge in [-0.25, -0.2) is 0 Å². The van der Waals surface area contributed by atoms with Crippen molar-refractivity contribution < 1.29 is 9.35 Å². The van der Waals surface area contributed by atoms with Crippen molar-refractivity contribution in [2.75, 3.05) is 6.26 Å². The maximum atomic E-state index is 12.2. The van der Waals surface area contributed by atoms with Crippen molar-refractivity contribution >= 4 is 39.5 Å². The minimum Gasteiger partial charge on any atom is -0.616 e. The number of carbonyl (C=O) groups is 1. The van der Waals surface area contributed by atoms with Crippen LogP contribution in [0.25, 0.3) is 0 Å². The van der Waals surface area contributed by atoms with Gasteiger partial charge in [0.1, 0.15) is 5.75 Å². The molecule has 0 bridgehead atoms. The molecule has 0 radical (unpaired) electrons. The number of hydrogen-bond donors (Lipinski definition) is 0. The summed E-state index contributed by atoms with van der Waals surface area (Å²) in [7, 11) is 0. The van der Waals surface area contributed by atoms with Crippen LogP contribution < -0.4 is 0 Å². The van der Waals surface area contributed by atoms with E-state index in [1.807, 2.05) is 36.4 Å². The van der Waals surface area contributed by atoms with E-state index < -0.39 is 11.2 Å². The lowest BCUT2D eigenvalue weighted by Crippen LogP contribution is -2.03. The van der Waals surface area contributed by atoms with Gasteiger partial charge in [0.25, 0.3) is 0 Å². The molecule has 0 fully saturated rings. The van der Waals surface area contributed by atoms with Gasteiger partial charge in [0.05, 0.1) is 6.26 Å². The predicted octanol–water partition coefficient (Wildman–Crippen LogP) is 3.40. The maximum absolute atomic E-state index is 12.2. The molecule has 2 aromatic carbocycles. The SMILES string of the molecule is C[S+]([O-])Cc1ccc(C(=O)c2ccc(I)cc2)cc1. The lowest BCUT2D eigenvalue weighted by Gasteiger charge is -2.06. The number of rotatable bonds is 4. The zero-order chi connectivity index (χ0) is 13.8. The van der Waals surface area contributed by atoms with Gasteiger partial charge in [0.2, 0.25) is 0 Å². The molecule has 0 aliphatic rings. The highest BCUT2D eigenvalue weighted by Crippen LogP contribution is 2.14. The van der Waals surface area contributed by atoms with Gasteiger partial charge in [-0.2, -0.15) is 0 Å². The lowest BCUT2D eigenvalue weighted by molar-refractivity contribution is 0.103. The topological polar surface area (TPSA) is 40.1 Å². The highest BCUT2D eigenvalue weighted by molar-refractivity contribution is 14.1. The Balaban J connectivity index is 2.17.